The average molecular weight is 336 g/mol. The molecule has 0 aromatic heterocycles. The summed E-state index contributed by atoms with van der Waals surface area (Å²) in [6, 6.07) is 4.01. The third-order valence-corrected chi connectivity index (χ3v) is 4.13. The summed E-state index contributed by atoms with van der Waals surface area (Å²) in [5, 5.41) is 38.5. The number of aromatic hydroxyl groups is 2. The molecule has 4 rings (SSSR count). The van der Waals surface area contributed by atoms with Crippen molar-refractivity contribution in [3.05, 3.63) is 29.8 Å². The molecule has 0 amide bonds. The molecular weight excluding hydrogens is 320 g/mol. The Morgan fingerprint density at radius 2 is 2.04 bits per heavy atom. The molecule has 2 aliphatic heterocycles. The van der Waals surface area contributed by atoms with Gasteiger partial charge in [0.25, 0.3) is 0 Å². The van der Waals surface area contributed by atoms with Crippen LogP contribution in [0.5, 0.6) is 11.5 Å². The Hall–Kier alpha value is -2.58. The molecule has 24 heavy (non-hydrogen) atoms. The molecule has 2 saturated heterocycles. The van der Waals surface area contributed by atoms with E-state index in [2.05, 4.69) is 0 Å². The monoisotopic (exact) mass is 336 g/mol. The lowest BCUT2D eigenvalue weighted by molar-refractivity contribution is -0.243. The summed E-state index contributed by atoms with van der Waals surface area (Å²) < 4.78 is 10.1. The fourth-order valence-electron chi connectivity index (χ4n) is 2.90. The number of carbonyl (C=O) groups is 2. The molecule has 4 N–H and O–H groups in total. The molecule has 128 valence electrons. The fraction of sp³-hybridized carbons (Fsp3) is 0.375. The standard InChI is InChI=1S/C16H16O8/c17-9-3-1-8(5-10(9)18)2-4-13(20)23-12-7-16(22)6-11(19)14(12)24-15(16)21/h1-5,11-12,14,17-19,22H,6-7H2/b4-2+/t11-,12-,14+,16+/m1/s1. The van der Waals surface area contributed by atoms with Gasteiger partial charge in [0.05, 0.1) is 6.10 Å². The Morgan fingerprint density at radius 1 is 1.29 bits per heavy atom. The van der Waals surface area contributed by atoms with Crippen molar-refractivity contribution in [1.29, 1.82) is 0 Å². The van der Waals surface area contributed by atoms with Crippen LogP contribution < -0.4 is 0 Å². The van der Waals surface area contributed by atoms with Crippen LogP contribution in [0.2, 0.25) is 0 Å². The molecule has 2 heterocycles. The molecular formula is C16H16O8. The molecule has 8 nitrogen and oxygen atoms in total. The largest absolute Gasteiger partial charge is 0.504 e. The number of carbonyl (C=O) groups excluding carboxylic acids is 2. The molecule has 1 saturated carbocycles. The molecule has 2 bridgehead atoms. The van der Waals surface area contributed by atoms with Gasteiger partial charge < -0.3 is 29.9 Å². The molecule has 0 unspecified atom stereocenters. The predicted octanol–water partition coefficient (Wildman–Crippen LogP) is -0.166. The molecule has 1 aromatic rings. The van der Waals surface area contributed by atoms with Crippen molar-refractivity contribution in [1.82, 2.24) is 0 Å². The van der Waals surface area contributed by atoms with Gasteiger partial charge in [0.1, 0.15) is 6.10 Å². The van der Waals surface area contributed by atoms with Crippen LogP contribution in [-0.2, 0) is 19.1 Å². The maximum atomic E-state index is 11.9. The zero-order chi connectivity index (χ0) is 17.5. The number of ether oxygens (including phenoxy) is 2. The summed E-state index contributed by atoms with van der Waals surface area (Å²) in [5.41, 5.74) is -1.39. The van der Waals surface area contributed by atoms with E-state index >= 15 is 0 Å². The van der Waals surface area contributed by atoms with Crippen molar-refractivity contribution in [2.24, 2.45) is 0 Å². The first-order chi connectivity index (χ1) is 11.3. The van der Waals surface area contributed by atoms with Gasteiger partial charge in [0, 0.05) is 18.9 Å². The number of hydrogen-bond acceptors (Lipinski definition) is 8. The first kappa shape index (κ1) is 16.3. The van der Waals surface area contributed by atoms with Crippen LogP contribution in [-0.4, -0.2) is 56.3 Å². The second-order valence-corrected chi connectivity index (χ2v) is 5.93. The van der Waals surface area contributed by atoms with E-state index in [0.717, 1.165) is 6.08 Å². The van der Waals surface area contributed by atoms with Crippen LogP contribution in [0, 0.1) is 0 Å². The first-order valence-corrected chi connectivity index (χ1v) is 7.31. The van der Waals surface area contributed by atoms with Crippen molar-refractivity contribution in [3.63, 3.8) is 0 Å². The number of fused-ring (bicyclic) bond motifs is 3. The number of aliphatic hydroxyl groups is 2. The Labute approximate surface area is 136 Å². The summed E-state index contributed by atoms with van der Waals surface area (Å²) in [4.78, 5) is 23.4. The highest BCUT2D eigenvalue weighted by atomic mass is 16.6. The maximum absolute atomic E-state index is 11.9. The minimum absolute atomic E-state index is 0.132. The van der Waals surface area contributed by atoms with E-state index in [0.29, 0.717) is 5.56 Å². The summed E-state index contributed by atoms with van der Waals surface area (Å²) in [7, 11) is 0. The third kappa shape index (κ3) is 2.93. The lowest BCUT2D eigenvalue weighted by Crippen LogP contribution is -2.65. The third-order valence-electron chi connectivity index (χ3n) is 4.13. The second-order valence-electron chi connectivity index (χ2n) is 5.93. The predicted molar refractivity (Wildman–Crippen MR) is 78.8 cm³/mol. The van der Waals surface area contributed by atoms with Gasteiger partial charge in [-0.15, -0.1) is 0 Å². The van der Waals surface area contributed by atoms with Gasteiger partial charge in [-0.25, -0.2) is 9.59 Å². The second kappa shape index (κ2) is 5.81. The summed E-state index contributed by atoms with van der Waals surface area (Å²) in [6.45, 7) is 0. The van der Waals surface area contributed by atoms with Gasteiger partial charge in [-0.2, -0.15) is 0 Å². The molecule has 3 fully saturated rings. The van der Waals surface area contributed by atoms with Gasteiger partial charge in [0.15, 0.2) is 23.2 Å². The number of phenolic OH excluding ortho intramolecular Hbond substituents is 2. The molecule has 0 radical (unpaired) electrons. The zero-order valence-electron chi connectivity index (χ0n) is 12.5. The van der Waals surface area contributed by atoms with Crippen molar-refractivity contribution >= 4 is 18.0 Å². The Balaban J connectivity index is 1.66. The maximum Gasteiger partial charge on any atom is 0.338 e. The summed E-state index contributed by atoms with van der Waals surface area (Å²) in [6.07, 6.45) is -0.868. The van der Waals surface area contributed by atoms with E-state index in [1.165, 1.54) is 24.3 Å². The number of esters is 2. The molecule has 3 aliphatic rings. The molecule has 8 heteroatoms. The SMILES string of the molecule is O=C(/C=C/c1ccc(O)c(O)c1)O[C@@H]1C[C@@]2(O)C[C@@H](O)[C@@H]1OC2=O. The molecule has 1 aromatic carbocycles. The quantitative estimate of drug-likeness (QED) is 0.340. The van der Waals surface area contributed by atoms with Gasteiger partial charge >= 0.3 is 11.9 Å². The van der Waals surface area contributed by atoms with Crippen molar-refractivity contribution in [2.45, 2.75) is 36.8 Å². The van der Waals surface area contributed by atoms with E-state index in [4.69, 9.17) is 9.47 Å². The average Bonchev–Trinajstić information content (AvgIpc) is 2.50. The van der Waals surface area contributed by atoms with Crippen molar-refractivity contribution < 1.29 is 39.5 Å². The van der Waals surface area contributed by atoms with Crippen LogP contribution in [0.15, 0.2) is 24.3 Å². The van der Waals surface area contributed by atoms with Crippen LogP contribution >= 0.6 is 0 Å². The zero-order valence-corrected chi connectivity index (χ0v) is 12.5. The van der Waals surface area contributed by atoms with E-state index in [1.54, 1.807) is 0 Å². The smallest absolute Gasteiger partial charge is 0.338 e. The number of rotatable bonds is 3. The van der Waals surface area contributed by atoms with Gasteiger partial charge in [-0.3, -0.25) is 0 Å². The number of benzene rings is 1. The van der Waals surface area contributed by atoms with Crippen LogP contribution in [0.3, 0.4) is 0 Å². The van der Waals surface area contributed by atoms with Crippen molar-refractivity contribution in [3.8, 4) is 11.5 Å². The van der Waals surface area contributed by atoms with E-state index in [9.17, 15) is 30.0 Å². The van der Waals surface area contributed by atoms with Crippen LogP contribution in [0.4, 0.5) is 0 Å². The van der Waals surface area contributed by atoms with Crippen LogP contribution in [0.25, 0.3) is 6.08 Å². The van der Waals surface area contributed by atoms with Crippen molar-refractivity contribution in [2.75, 3.05) is 0 Å². The van der Waals surface area contributed by atoms with Crippen LogP contribution in [0.1, 0.15) is 18.4 Å². The highest BCUT2D eigenvalue weighted by Gasteiger charge is 2.58. The Morgan fingerprint density at radius 3 is 2.71 bits per heavy atom. The summed E-state index contributed by atoms with van der Waals surface area (Å²) >= 11 is 0. The lowest BCUT2D eigenvalue weighted by atomic mass is 9.76. The molecule has 0 spiro atoms. The van der Waals surface area contributed by atoms with E-state index in [-0.39, 0.29) is 24.3 Å². The number of phenols is 2. The highest BCUT2D eigenvalue weighted by Crippen LogP contribution is 2.39. The molecule has 1 aliphatic carbocycles. The molecule has 4 atom stereocenters. The first-order valence-electron chi connectivity index (χ1n) is 7.31. The van der Waals surface area contributed by atoms with Gasteiger partial charge in [-0.05, 0) is 23.8 Å². The minimum Gasteiger partial charge on any atom is -0.504 e. The van der Waals surface area contributed by atoms with Gasteiger partial charge in [0.2, 0.25) is 0 Å². The van der Waals surface area contributed by atoms with Gasteiger partial charge in [-0.1, -0.05) is 6.07 Å². The van der Waals surface area contributed by atoms with E-state index < -0.39 is 35.9 Å². The highest BCUT2D eigenvalue weighted by molar-refractivity contribution is 5.88. The lowest BCUT2D eigenvalue weighted by Gasteiger charge is -2.47. The number of aliphatic hydroxyl groups excluding tert-OH is 1. The topological polar surface area (TPSA) is 134 Å². The minimum atomic E-state index is -1.84. The fourth-order valence-corrected chi connectivity index (χ4v) is 2.90. The summed E-state index contributed by atoms with van der Waals surface area (Å²) in [5.74, 6) is -2.18. The Bertz CT molecular complexity index is 712. The van der Waals surface area contributed by atoms with E-state index in [1.807, 2.05) is 0 Å². The Kier molecular flexibility index (Phi) is 3.94. The normalized spacial score (nSPS) is 31.9. The number of hydrogen-bond donors (Lipinski definition) is 4.